The Labute approximate surface area is 242 Å². The minimum Gasteiger partial charge on any atom is -0.476 e. The van der Waals surface area contributed by atoms with Crippen LogP contribution in [0.1, 0.15) is 45.4 Å². The van der Waals surface area contributed by atoms with Crippen molar-refractivity contribution in [1.82, 2.24) is 0 Å². The molecule has 0 aliphatic carbocycles. The maximum atomic E-state index is 11.4. The number of Topliss-reactive ketones (excluding diaryl/α,β-unsaturated/α-hetero) is 1. The van der Waals surface area contributed by atoms with Gasteiger partial charge in [-0.1, -0.05) is 19.8 Å². The van der Waals surface area contributed by atoms with Crippen molar-refractivity contribution in [2.75, 3.05) is 106 Å². The standard InChI is InChI=1S/C27H48O14/c1-2-3-4-5-25(29)40-22-20-38-18-16-36-14-12-34-10-8-33-9-11-35-13-15-37-17-19-39-21-23-41-26(30)7-6-24(28)27(31)32/h2-23H2,1H3,(H,31,32). The second-order valence-electron chi connectivity index (χ2n) is 8.41. The molecule has 0 aromatic rings. The molecule has 0 aliphatic heterocycles. The summed E-state index contributed by atoms with van der Waals surface area (Å²) in [7, 11) is 0. The second-order valence-corrected chi connectivity index (χ2v) is 8.41. The molecule has 0 aromatic heterocycles. The van der Waals surface area contributed by atoms with Gasteiger partial charge in [-0.15, -0.1) is 0 Å². The number of hydrogen-bond acceptors (Lipinski definition) is 13. The van der Waals surface area contributed by atoms with E-state index >= 15 is 0 Å². The van der Waals surface area contributed by atoms with Gasteiger partial charge >= 0.3 is 17.9 Å². The number of carbonyl (C=O) groups is 4. The minimum atomic E-state index is -1.56. The molecule has 0 atom stereocenters. The first-order valence-electron chi connectivity index (χ1n) is 14.1. The predicted molar refractivity (Wildman–Crippen MR) is 144 cm³/mol. The first-order chi connectivity index (χ1) is 20.0. The van der Waals surface area contributed by atoms with Gasteiger partial charge in [0, 0.05) is 12.8 Å². The molecule has 240 valence electrons. The van der Waals surface area contributed by atoms with Gasteiger partial charge in [0.2, 0.25) is 5.78 Å². The lowest BCUT2D eigenvalue weighted by atomic mass is 10.2. The molecule has 41 heavy (non-hydrogen) atoms. The molecule has 1 N–H and O–H groups in total. The Morgan fingerprint density at radius 2 is 0.756 bits per heavy atom. The Morgan fingerprint density at radius 1 is 0.439 bits per heavy atom. The molecule has 0 aromatic carbocycles. The fourth-order valence-corrected chi connectivity index (χ4v) is 2.84. The Morgan fingerprint density at radius 3 is 1.07 bits per heavy atom. The molecule has 0 fully saturated rings. The van der Waals surface area contributed by atoms with Crippen LogP contribution in [0.25, 0.3) is 0 Å². The number of carboxylic acid groups (broad SMARTS) is 1. The Bertz CT molecular complexity index is 658. The Hall–Kier alpha value is -2.20. The summed E-state index contributed by atoms with van der Waals surface area (Å²) in [6.45, 7) is 7.94. The molecule has 0 unspecified atom stereocenters. The smallest absolute Gasteiger partial charge is 0.372 e. The average Bonchev–Trinajstić information content (AvgIpc) is 2.95. The number of ketones is 1. The summed E-state index contributed by atoms with van der Waals surface area (Å²) in [6.07, 6.45) is 2.78. The van der Waals surface area contributed by atoms with E-state index in [1.807, 2.05) is 0 Å². The fraction of sp³-hybridized carbons (Fsp3) is 0.852. The van der Waals surface area contributed by atoms with Gasteiger partial charge in [0.25, 0.3) is 0 Å². The third kappa shape index (κ3) is 30.6. The van der Waals surface area contributed by atoms with Crippen LogP contribution in [0.15, 0.2) is 0 Å². The van der Waals surface area contributed by atoms with E-state index in [-0.39, 0.29) is 38.6 Å². The zero-order valence-corrected chi connectivity index (χ0v) is 24.3. The molecule has 0 spiro atoms. The van der Waals surface area contributed by atoms with Gasteiger partial charge in [-0.05, 0) is 6.42 Å². The summed E-state index contributed by atoms with van der Waals surface area (Å²) in [5.74, 6) is -3.42. The maximum absolute atomic E-state index is 11.4. The van der Waals surface area contributed by atoms with Gasteiger partial charge in [0.15, 0.2) is 0 Å². The van der Waals surface area contributed by atoms with Crippen LogP contribution in [0.3, 0.4) is 0 Å². The number of aliphatic carboxylic acids is 1. The monoisotopic (exact) mass is 596 g/mol. The minimum absolute atomic E-state index is 0.0128. The number of hydrogen-bond donors (Lipinski definition) is 1. The van der Waals surface area contributed by atoms with Crippen molar-refractivity contribution in [1.29, 1.82) is 0 Å². The van der Waals surface area contributed by atoms with E-state index in [0.29, 0.717) is 92.3 Å². The fourth-order valence-electron chi connectivity index (χ4n) is 2.84. The molecule has 0 saturated carbocycles. The highest BCUT2D eigenvalue weighted by atomic mass is 16.6. The van der Waals surface area contributed by atoms with Crippen LogP contribution in [0.2, 0.25) is 0 Å². The molecule has 0 saturated heterocycles. The van der Waals surface area contributed by atoms with E-state index in [2.05, 4.69) is 6.92 Å². The largest absolute Gasteiger partial charge is 0.476 e. The van der Waals surface area contributed by atoms with Gasteiger partial charge in [-0.25, -0.2) is 4.79 Å². The van der Waals surface area contributed by atoms with Crippen LogP contribution in [0.4, 0.5) is 0 Å². The molecule has 0 aliphatic rings. The third-order valence-electron chi connectivity index (χ3n) is 4.99. The SMILES string of the molecule is CCCCCC(=O)OCCOCCOCCOCCOCCOCCOCCOCCOC(=O)CCC(=O)C(=O)O. The van der Waals surface area contributed by atoms with E-state index < -0.39 is 17.7 Å². The van der Waals surface area contributed by atoms with Crippen LogP contribution in [0, 0.1) is 0 Å². The molecular weight excluding hydrogens is 548 g/mol. The van der Waals surface area contributed by atoms with E-state index in [4.69, 9.17) is 47.7 Å². The van der Waals surface area contributed by atoms with Crippen LogP contribution in [0.5, 0.6) is 0 Å². The lowest BCUT2D eigenvalue weighted by molar-refractivity contribution is -0.151. The predicted octanol–water partition coefficient (Wildman–Crippen LogP) is 1.20. The van der Waals surface area contributed by atoms with Crippen LogP contribution >= 0.6 is 0 Å². The molecule has 0 amide bonds. The van der Waals surface area contributed by atoms with Crippen molar-refractivity contribution in [3.63, 3.8) is 0 Å². The molecule has 0 bridgehead atoms. The maximum Gasteiger partial charge on any atom is 0.372 e. The van der Waals surface area contributed by atoms with Crippen molar-refractivity contribution in [3.05, 3.63) is 0 Å². The van der Waals surface area contributed by atoms with Gasteiger partial charge in [-0.3, -0.25) is 14.4 Å². The number of esters is 2. The highest BCUT2D eigenvalue weighted by molar-refractivity contribution is 6.32. The lowest BCUT2D eigenvalue weighted by Crippen LogP contribution is -2.17. The highest BCUT2D eigenvalue weighted by Crippen LogP contribution is 2.00. The van der Waals surface area contributed by atoms with Gasteiger partial charge < -0.3 is 47.7 Å². The van der Waals surface area contributed by atoms with Crippen LogP contribution < -0.4 is 0 Å². The molecule has 14 nitrogen and oxygen atoms in total. The topological polar surface area (TPSA) is 172 Å². The summed E-state index contributed by atoms with van der Waals surface area (Å²) >= 11 is 0. The summed E-state index contributed by atoms with van der Waals surface area (Å²) in [6, 6.07) is 0. The number of rotatable bonds is 32. The van der Waals surface area contributed by atoms with E-state index in [9.17, 15) is 19.2 Å². The van der Waals surface area contributed by atoms with Gasteiger partial charge in [0.1, 0.15) is 13.2 Å². The van der Waals surface area contributed by atoms with Crippen LogP contribution in [-0.4, -0.2) is 135 Å². The zero-order chi connectivity index (χ0) is 30.2. The molecule has 14 heteroatoms. The third-order valence-corrected chi connectivity index (χ3v) is 4.99. The molecule has 0 heterocycles. The normalized spacial score (nSPS) is 11.0. The van der Waals surface area contributed by atoms with Crippen molar-refractivity contribution in [2.24, 2.45) is 0 Å². The van der Waals surface area contributed by atoms with Crippen LogP contribution in [-0.2, 0) is 61.8 Å². The van der Waals surface area contributed by atoms with Crippen molar-refractivity contribution in [3.8, 4) is 0 Å². The van der Waals surface area contributed by atoms with Crippen molar-refractivity contribution in [2.45, 2.75) is 45.4 Å². The summed E-state index contributed by atoms with van der Waals surface area (Å²) in [5.41, 5.74) is 0. The lowest BCUT2D eigenvalue weighted by Gasteiger charge is -2.09. The van der Waals surface area contributed by atoms with Crippen molar-refractivity contribution >= 4 is 23.7 Å². The number of ether oxygens (including phenoxy) is 9. The van der Waals surface area contributed by atoms with E-state index in [0.717, 1.165) is 19.3 Å². The quantitative estimate of drug-likeness (QED) is 0.0667. The van der Waals surface area contributed by atoms with E-state index in [1.54, 1.807) is 0 Å². The number of carboxylic acids is 1. The Kier molecular flexibility index (Phi) is 29.1. The molecular formula is C27H48O14. The molecule has 0 rings (SSSR count). The first kappa shape index (κ1) is 38.8. The summed E-state index contributed by atoms with van der Waals surface area (Å²) < 4.78 is 47.4. The average molecular weight is 597 g/mol. The Balaban J connectivity index is 3.17. The number of carbonyl (C=O) groups excluding carboxylic acids is 3. The summed E-state index contributed by atoms with van der Waals surface area (Å²) in [5, 5.41) is 8.42. The second kappa shape index (κ2) is 30.8. The molecule has 0 radical (unpaired) electrons. The zero-order valence-electron chi connectivity index (χ0n) is 24.3. The summed E-state index contributed by atoms with van der Waals surface area (Å²) in [4.78, 5) is 44.0. The van der Waals surface area contributed by atoms with E-state index in [1.165, 1.54) is 0 Å². The van der Waals surface area contributed by atoms with Gasteiger partial charge in [-0.2, -0.15) is 0 Å². The van der Waals surface area contributed by atoms with Gasteiger partial charge in [0.05, 0.1) is 98.9 Å². The highest BCUT2D eigenvalue weighted by Gasteiger charge is 2.14. The first-order valence-corrected chi connectivity index (χ1v) is 14.1. The number of unbranched alkanes of at least 4 members (excludes halogenated alkanes) is 2. The van der Waals surface area contributed by atoms with Crippen molar-refractivity contribution < 1.29 is 66.9 Å².